The summed E-state index contributed by atoms with van der Waals surface area (Å²) in [5.41, 5.74) is 0. The molecule has 19 heteroatoms. The second kappa shape index (κ2) is 37.3. The standard InChI is InChI=1S/C47H80O17P2/c1-3-5-7-9-11-13-15-17-18-20-22-24-26-28-30-34-40(49)60-36-39(37-61-66(58,59)64-47-44(53)42(51)43(52)46(45(47)54)63-65(55,56)57)62-41(50)35-31-33-38(48)32-29-27-25-23-21-19-16-14-12-10-8-6-4-2/h11,13,17-19,21-22,24-25,27,29,32,38-39,42-48,51-54H,3-10,12,14-16,20,23,26,28,30-31,33-37H2,1-2H3,(H,58,59)(H2,55,56,57)/b13-11-,18-17-,21-19+,24-22-,27-25+,32-29+/t38?,39-,42?,43?,44?,45?,46-,47+/m1/s1. The molecule has 6 unspecified atom stereocenters. The van der Waals surface area contributed by atoms with Crippen LogP contribution < -0.4 is 0 Å². The summed E-state index contributed by atoms with van der Waals surface area (Å²) in [5, 5.41) is 51.6. The summed E-state index contributed by atoms with van der Waals surface area (Å²) in [5.74, 6) is -1.45. The Morgan fingerprint density at radius 2 is 1.06 bits per heavy atom. The summed E-state index contributed by atoms with van der Waals surface area (Å²) >= 11 is 0. The molecule has 8 N–H and O–H groups in total. The minimum absolute atomic E-state index is 0.0293. The molecule has 0 spiro atoms. The number of ether oxygens (including phenoxy) is 2. The predicted octanol–water partition coefficient (Wildman–Crippen LogP) is 7.81. The molecule has 0 radical (unpaired) electrons. The monoisotopic (exact) mass is 978 g/mol. The summed E-state index contributed by atoms with van der Waals surface area (Å²) in [6, 6.07) is 0. The Labute approximate surface area is 392 Å². The van der Waals surface area contributed by atoms with Crippen LogP contribution >= 0.6 is 15.6 Å². The van der Waals surface area contributed by atoms with Gasteiger partial charge in [-0.25, -0.2) is 9.13 Å². The van der Waals surface area contributed by atoms with E-state index in [1.54, 1.807) is 12.2 Å². The fraction of sp³-hybridized carbons (Fsp3) is 0.702. The number of carbonyl (C=O) groups is 2. The first-order valence-corrected chi connectivity index (χ1v) is 26.6. The third-order valence-electron chi connectivity index (χ3n) is 10.4. The number of unbranched alkanes of at least 4 members (excludes halogenated alkanes) is 11. The van der Waals surface area contributed by atoms with Gasteiger partial charge < -0.3 is 49.7 Å². The number of esters is 2. The van der Waals surface area contributed by atoms with Gasteiger partial charge >= 0.3 is 27.6 Å². The topological polar surface area (TPSA) is 276 Å². The Kier molecular flexibility index (Phi) is 34.7. The molecule has 1 fully saturated rings. The summed E-state index contributed by atoms with van der Waals surface area (Å²) in [6.45, 7) is 2.87. The van der Waals surface area contributed by atoms with E-state index in [2.05, 4.69) is 54.8 Å². The summed E-state index contributed by atoms with van der Waals surface area (Å²) in [6.07, 6.45) is 26.0. The van der Waals surface area contributed by atoms with Crippen LogP contribution in [0.5, 0.6) is 0 Å². The zero-order valence-electron chi connectivity index (χ0n) is 39.0. The van der Waals surface area contributed by atoms with Gasteiger partial charge in [-0.1, -0.05) is 132 Å². The van der Waals surface area contributed by atoms with Crippen molar-refractivity contribution in [3.63, 3.8) is 0 Å². The molecule has 0 aliphatic heterocycles. The van der Waals surface area contributed by atoms with Crippen LogP contribution in [0.4, 0.5) is 0 Å². The van der Waals surface area contributed by atoms with E-state index in [9.17, 15) is 49.1 Å². The predicted molar refractivity (Wildman–Crippen MR) is 252 cm³/mol. The third kappa shape index (κ3) is 31.4. The van der Waals surface area contributed by atoms with Crippen LogP contribution in [0.15, 0.2) is 72.9 Å². The van der Waals surface area contributed by atoms with Crippen molar-refractivity contribution in [3.8, 4) is 0 Å². The molecule has 0 aromatic heterocycles. The minimum Gasteiger partial charge on any atom is -0.462 e. The van der Waals surface area contributed by atoms with Crippen molar-refractivity contribution >= 4 is 27.6 Å². The molecule has 9 atom stereocenters. The molecule has 66 heavy (non-hydrogen) atoms. The molecular weight excluding hydrogens is 898 g/mol. The maximum atomic E-state index is 13.0. The number of rotatable bonds is 38. The van der Waals surface area contributed by atoms with Gasteiger partial charge in [0.2, 0.25) is 0 Å². The normalized spacial score (nSPS) is 22.6. The van der Waals surface area contributed by atoms with Gasteiger partial charge in [-0.05, 0) is 77.0 Å². The van der Waals surface area contributed by atoms with Crippen molar-refractivity contribution < 1.29 is 82.0 Å². The smallest absolute Gasteiger partial charge is 0.462 e. The van der Waals surface area contributed by atoms with Crippen molar-refractivity contribution in [1.82, 2.24) is 0 Å². The fourth-order valence-corrected chi connectivity index (χ4v) is 8.17. The van der Waals surface area contributed by atoms with Crippen molar-refractivity contribution in [2.24, 2.45) is 0 Å². The highest BCUT2D eigenvalue weighted by Crippen LogP contribution is 2.49. The Hall–Kier alpha value is -2.60. The number of hydrogen-bond donors (Lipinski definition) is 8. The molecule has 380 valence electrons. The molecule has 1 rings (SSSR count). The molecule has 17 nitrogen and oxygen atoms in total. The van der Waals surface area contributed by atoms with Crippen molar-refractivity contribution in [3.05, 3.63) is 72.9 Å². The van der Waals surface area contributed by atoms with Crippen LogP contribution in [-0.4, -0.2) is 114 Å². The lowest BCUT2D eigenvalue weighted by molar-refractivity contribution is -0.216. The lowest BCUT2D eigenvalue weighted by Crippen LogP contribution is -2.64. The Bertz CT molecular complexity index is 1570. The summed E-state index contributed by atoms with van der Waals surface area (Å²) in [4.78, 5) is 54.2. The highest BCUT2D eigenvalue weighted by Gasteiger charge is 2.54. The second-order valence-corrected chi connectivity index (χ2v) is 18.9. The quantitative estimate of drug-likeness (QED) is 0.00963. The lowest BCUT2D eigenvalue weighted by Gasteiger charge is -2.43. The first-order chi connectivity index (χ1) is 31.5. The van der Waals surface area contributed by atoms with Crippen LogP contribution in [0.2, 0.25) is 0 Å². The maximum absolute atomic E-state index is 13.0. The average molecular weight is 979 g/mol. The SMILES string of the molecule is CCCCC/C=C\C/C=C\C/C=C\CCCCC(=O)OC[C@H](COP(=O)(O)O[C@H]1C(O)C(O)C(O)[C@@H](OP(=O)(O)O)C1O)OC(=O)CCCC(O)/C=C/C=C/C/C=C/CCCCCCCC. The van der Waals surface area contributed by atoms with Gasteiger partial charge in [-0.3, -0.25) is 23.2 Å². The van der Waals surface area contributed by atoms with Gasteiger partial charge in [0.25, 0.3) is 0 Å². The largest absolute Gasteiger partial charge is 0.472 e. The number of hydrogen-bond acceptors (Lipinski definition) is 14. The number of phosphoric ester groups is 2. The van der Waals surface area contributed by atoms with E-state index in [4.69, 9.17) is 28.3 Å². The van der Waals surface area contributed by atoms with Gasteiger partial charge in [0.15, 0.2) is 6.10 Å². The van der Waals surface area contributed by atoms with E-state index in [-0.39, 0.29) is 25.7 Å². The molecule has 0 heterocycles. The molecule has 1 saturated carbocycles. The molecule has 0 saturated heterocycles. The van der Waals surface area contributed by atoms with Crippen molar-refractivity contribution in [2.75, 3.05) is 13.2 Å². The highest BCUT2D eigenvalue weighted by atomic mass is 31.2. The van der Waals surface area contributed by atoms with Gasteiger partial charge in [0.05, 0.1) is 12.7 Å². The minimum atomic E-state index is -5.39. The first kappa shape index (κ1) is 61.4. The van der Waals surface area contributed by atoms with Gasteiger partial charge in [0.1, 0.15) is 43.2 Å². The number of aliphatic hydroxyl groups is 5. The average Bonchev–Trinajstić information content (AvgIpc) is 3.26. The van der Waals surface area contributed by atoms with Crippen LogP contribution in [0.1, 0.15) is 149 Å². The van der Waals surface area contributed by atoms with Crippen LogP contribution in [0.25, 0.3) is 0 Å². The highest BCUT2D eigenvalue weighted by molar-refractivity contribution is 7.47. The van der Waals surface area contributed by atoms with Crippen LogP contribution in [0, 0.1) is 0 Å². The number of phosphoric acid groups is 2. The van der Waals surface area contributed by atoms with E-state index < -0.39 is 89.6 Å². The first-order valence-electron chi connectivity index (χ1n) is 23.6. The molecule has 0 amide bonds. The number of aliphatic hydroxyl groups excluding tert-OH is 5. The Morgan fingerprint density at radius 3 is 1.67 bits per heavy atom. The van der Waals surface area contributed by atoms with E-state index in [1.807, 2.05) is 24.3 Å². The Morgan fingerprint density at radius 1 is 0.561 bits per heavy atom. The van der Waals surface area contributed by atoms with Gasteiger partial charge in [0, 0.05) is 12.8 Å². The number of allylic oxidation sites excluding steroid dienone is 11. The Balaban J connectivity index is 2.72. The molecule has 1 aliphatic carbocycles. The second-order valence-electron chi connectivity index (χ2n) is 16.3. The molecule has 0 aromatic rings. The summed E-state index contributed by atoms with van der Waals surface area (Å²) < 4.78 is 49.1. The molecule has 0 bridgehead atoms. The zero-order valence-corrected chi connectivity index (χ0v) is 40.7. The van der Waals surface area contributed by atoms with E-state index >= 15 is 0 Å². The van der Waals surface area contributed by atoms with Crippen LogP contribution in [0.3, 0.4) is 0 Å². The fourth-order valence-electron chi connectivity index (χ4n) is 6.63. The zero-order chi connectivity index (χ0) is 49.1. The van der Waals surface area contributed by atoms with E-state index in [1.165, 1.54) is 57.8 Å². The molecule has 0 aromatic carbocycles. The lowest BCUT2D eigenvalue weighted by atomic mass is 9.85. The van der Waals surface area contributed by atoms with E-state index in [0.29, 0.717) is 12.8 Å². The van der Waals surface area contributed by atoms with Crippen molar-refractivity contribution in [2.45, 2.75) is 198 Å². The molecule has 1 aliphatic rings. The summed E-state index contributed by atoms with van der Waals surface area (Å²) in [7, 11) is -10.8. The van der Waals surface area contributed by atoms with Gasteiger partial charge in [-0.2, -0.15) is 0 Å². The number of carbonyl (C=O) groups excluding carboxylic acids is 2. The third-order valence-corrected chi connectivity index (χ3v) is 11.9. The maximum Gasteiger partial charge on any atom is 0.472 e. The van der Waals surface area contributed by atoms with Crippen LogP contribution in [-0.2, 0) is 41.8 Å². The van der Waals surface area contributed by atoms with E-state index in [0.717, 1.165) is 38.5 Å². The van der Waals surface area contributed by atoms with Crippen molar-refractivity contribution in [1.29, 1.82) is 0 Å². The van der Waals surface area contributed by atoms with Gasteiger partial charge in [-0.15, -0.1) is 0 Å². The molecular formula is C47H80O17P2.